The van der Waals surface area contributed by atoms with Crippen molar-refractivity contribution in [2.75, 3.05) is 25.0 Å². The first-order chi connectivity index (χ1) is 8.90. The van der Waals surface area contributed by atoms with Gasteiger partial charge in [0.2, 0.25) is 5.91 Å². The molecule has 0 fully saturated rings. The highest BCUT2D eigenvalue weighted by molar-refractivity contribution is 5.86. The van der Waals surface area contributed by atoms with Gasteiger partial charge in [-0.1, -0.05) is 19.9 Å². The maximum atomic E-state index is 11.7. The first-order valence-corrected chi connectivity index (χ1v) is 6.08. The molecule has 1 heterocycles. The zero-order valence-corrected chi connectivity index (χ0v) is 11.4. The van der Waals surface area contributed by atoms with Gasteiger partial charge in [-0.15, -0.1) is 0 Å². The summed E-state index contributed by atoms with van der Waals surface area (Å²) in [5, 5.41) is 11.7. The number of rotatable bonds is 6. The molecule has 0 atom stereocenters. The van der Waals surface area contributed by atoms with Crippen LogP contribution in [0, 0.1) is 5.92 Å². The van der Waals surface area contributed by atoms with Gasteiger partial charge in [0.05, 0.1) is 6.54 Å². The predicted octanol–water partition coefficient (Wildman–Crippen LogP) is 0.988. The molecule has 0 aliphatic carbocycles. The molecule has 1 aromatic rings. The van der Waals surface area contributed by atoms with E-state index < -0.39 is 5.97 Å². The fourth-order valence-corrected chi connectivity index (χ4v) is 1.43. The van der Waals surface area contributed by atoms with Crippen LogP contribution in [0.5, 0.6) is 0 Å². The number of aromatic nitrogens is 1. The normalized spacial score (nSPS) is 10.3. The zero-order chi connectivity index (χ0) is 14.4. The molecule has 2 N–H and O–H groups in total. The van der Waals surface area contributed by atoms with Crippen molar-refractivity contribution in [2.24, 2.45) is 5.92 Å². The molecule has 19 heavy (non-hydrogen) atoms. The van der Waals surface area contributed by atoms with Gasteiger partial charge in [0.1, 0.15) is 5.82 Å². The Labute approximate surface area is 112 Å². The topological polar surface area (TPSA) is 82.5 Å². The maximum absolute atomic E-state index is 11.7. The Morgan fingerprint density at radius 3 is 2.68 bits per heavy atom. The second-order valence-electron chi connectivity index (χ2n) is 4.74. The third kappa shape index (κ3) is 4.95. The second kappa shape index (κ2) is 6.72. The predicted molar refractivity (Wildman–Crippen MR) is 72.3 cm³/mol. The third-order valence-electron chi connectivity index (χ3n) is 2.43. The molecule has 6 heteroatoms. The van der Waals surface area contributed by atoms with Gasteiger partial charge < -0.3 is 15.3 Å². The summed E-state index contributed by atoms with van der Waals surface area (Å²) in [6, 6.07) is 4.69. The summed E-state index contributed by atoms with van der Waals surface area (Å²) >= 11 is 0. The Kier molecular flexibility index (Phi) is 5.29. The SMILES string of the molecule is CC(C)CNC(=O)CN(C)c1cccc(C(=O)O)n1. The van der Waals surface area contributed by atoms with Gasteiger partial charge in [0, 0.05) is 13.6 Å². The molecule has 0 spiro atoms. The van der Waals surface area contributed by atoms with E-state index >= 15 is 0 Å². The van der Waals surface area contributed by atoms with E-state index in [0.29, 0.717) is 18.3 Å². The number of likely N-dealkylation sites (N-methyl/N-ethyl adjacent to an activating group) is 1. The van der Waals surface area contributed by atoms with Crippen molar-refractivity contribution >= 4 is 17.7 Å². The van der Waals surface area contributed by atoms with E-state index in [4.69, 9.17) is 5.11 Å². The van der Waals surface area contributed by atoms with E-state index in [9.17, 15) is 9.59 Å². The highest BCUT2D eigenvalue weighted by atomic mass is 16.4. The molecule has 0 unspecified atom stereocenters. The molecule has 0 bridgehead atoms. The van der Waals surface area contributed by atoms with Crippen molar-refractivity contribution in [3.8, 4) is 0 Å². The monoisotopic (exact) mass is 265 g/mol. The van der Waals surface area contributed by atoms with Crippen molar-refractivity contribution in [1.29, 1.82) is 0 Å². The number of carbonyl (C=O) groups is 2. The molecule has 104 valence electrons. The number of hydrogen-bond acceptors (Lipinski definition) is 4. The molecule has 6 nitrogen and oxygen atoms in total. The van der Waals surface area contributed by atoms with E-state index in [2.05, 4.69) is 10.3 Å². The lowest BCUT2D eigenvalue weighted by Crippen LogP contribution is -2.37. The fourth-order valence-electron chi connectivity index (χ4n) is 1.43. The second-order valence-corrected chi connectivity index (χ2v) is 4.74. The van der Waals surface area contributed by atoms with E-state index in [1.807, 2.05) is 13.8 Å². The molecule has 1 rings (SSSR count). The number of nitrogens with one attached hydrogen (secondary N) is 1. The van der Waals surface area contributed by atoms with Gasteiger partial charge >= 0.3 is 5.97 Å². The maximum Gasteiger partial charge on any atom is 0.354 e. The highest BCUT2D eigenvalue weighted by Crippen LogP contribution is 2.09. The van der Waals surface area contributed by atoms with Crippen LogP contribution in [0.15, 0.2) is 18.2 Å². The number of pyridine rings is 1. The summed E-state index contributed by atoms with van der Waals surface area (Å²) in [5.74, 6) is -0.347. The Hall–Kier alpha value is -2.11. The Bertz CT molecular complexity index is 460. The molecular formula is C13H19N3O3. The van der Waals surface area contributed by atoms with Gasteiger partial charge in [-0.05, 0) is 18.1 Å². The standard InChI is InChI=1S/C13H19N3O3/c1-9(2)7-14-12(17)8-16(3)11-6-4-5-10(15-11)13(18)19/h4-6,9H,7-8H2,1-3H3,(H,14,17)(H,18,19). The van der Waals surface area contributed by atoms with E-state index in [0.717, 1.165) is 0 Å². The number of nitrogens with zero attached hydrogens (tertiary/aromatic N) is 2. The van der Waals surface area contributed by atoms with Gasteiger partial charge in [0.25, 0.3) is 0 Å². The molecule has 1 aromatic heterocycles. The van der Waals surface area contributed by atoms with Crippen LogP contribution in [0.2, 0.25) is 0 Å². The first kappa shape index (κ1) is 14.9. The van der Waals surface area contributed by atoms with Crippen LogP contribution >= 0.6 is 0 Å². The van der Waals surface area contributed by atoms with Crippen molar-refractivity contribution < 1.29 is 14.7 Å². The first-order valence-electron chi connectivity index (χ1n) is 6.08. The third-order valence-corrected chi connectivity index (χ3v) is 2.43. The van der Waals surface area contributed by atoms with Crippen LogP contribution < -0.4 is 10.2 Å². The molecule has 0 aliphatic rings. The summed E-state index contributed by atoms with van der Waals surface area (Å²) in [5.41, 5.74) is -0.0352. The minimum atomic E-state index is -1.08. The largest absolute Gasteiger partial charge is 0.477 e. The molecule has 0 aromatic carbocycles. The minimum Gasteiger partial charge on any atom is -0.477 e. The zero-order valence-electron chi connectivity index (χ0n) is 11.4. The Balaban J connectivity index is 2.62. The van der Waals surface area contributed by atoms with Crippen molar-refractivity contribution in [1.82, 2.24) is 10.3 Å². The number of anilines is 1. The van der Waals surface area contributed by atoms with E-state index in [1.165, 1.54) is 6.07 Å². The lowest BCUT2D eigenvalue weighted by atomic mass is 10.2. The number of hydrogen-bond donors (Lipinski definition) is 2. The van der Waals surface area contributed by atoms with Crippen molar-refractivity contribution in [3.05, 3.63) is 23.9 Å². The van der Waals surface area contributed by atoms with E-state index in [-0.39, 0.29) is 18.1 Å². The van der Waals surface area contributed by atoms with Gasteiger partial charge in [-0.25, -0.2) is 9.78 Å². The fraction of sp³-hybridized carbons (Fsp3) is 0.462. The van der Waals surface area contributed by atoms with Crippen LogP contribution in [-0.4, -0.2) is 42.1 Å². The lowest BCUT2D eigenvalue weighted by molar-refractivity contribution is -0.119. The number of aromatic carboxylic acids is 1. The molecule has 0 saturated heterocycles. The Morgan fingerprint density at radius 1 is 1.42 bits per heavy atom. The Morgan fingerprint density at radius 2 is 2.11 bits per heavy atom. The lowest BCUT2D eigenvalue weighted by Gasteiger charge is -2.18. The number of carboxylic acids is 1. The van der Waals surface area contributed by atoms with Gasteiger partial charge in [-0.2, -0.15) is 0 Å². The number of carbonyl (C=O) groups excluding carboxylic acids is 1. The van der Waals surface area contributed by atoms with Gasteiger partial charge in [-0.3, -0.25) is 4.79 Å². The minimum absolute atomic E-state index is 0.0352. The smallest absolute Gasteiger partial charge is 0.354 e. The molecule has 0 radical (unpaired) electrons. The molecule has 0 saturated carbocycles. The molecular weight excluding hydrogens is 246 g/mol. The van der Waals surface area contributed by atoms with Crippen molar-refractivity contribution in [3.63, 3.8) is 0 Å². The number of carboxylic acid groups (broad SMARTS) is 1. The summed E-state index contributed by atoms with van der Waals surface area (Å²) in [4.78, 5) is 28.0. The molecule has 0 aliphatic heterocycles. The van der Waals surface area contributed by atoms with Crippen LogP contribution in [0.1, 0.15) is 24.3 Å². The average Bonchev–Trinajstić information content (AvgIpc) is 2.36. The van der Waals surface area contributed by atoms with Crippen molar-refractivity contribution in [2.45, 2.75) is 13.8 Å². The van der Waals surface area contributed by atoms with Crippen LogP contribution in [0.4, 0.5) is 5.82 Å². The summed E-state index contributed by atoms with van der Waals surface area (Å²) in [6.45, 7) is 4.79. The van der Waals surface area contributed by atoms with E-state index in [1.54, 1.807) is 24.1 Å². The molecule has 1 amide bonds. The summed E-state index contributed by atoms with van der Waals surface area (Å²) in [6.07, 6.45) is 0. The quantitative estimate of drug-likeness (QED) is 0.801. The summed E-state index contributed by atoms with van der Waals surface area (Å²) in [7, 11) is 1.70. The average molecular weight is 265 g/mol. The number of amides is 1. The van der Waals surface area contributed by atoms with Crippen LogP contribution in [-0.2, 0) is 4.79 Å². The summed E-state index contributed by atoms with van der Waals surface area (Å²) < 4.78 is 0. The van der Waals surface area contributed by atoms with Crippen LogP contribution in [0.3, 0.4) is 0 Å². The van der Waals surface area contributed by atoms with Crippen LogP contribution in [0.25, 0.3) is 0 Å². The van der Waals surface area contributed by atoms with Gasteiger partial charge in [0.15, 0.2) is 5.69 Å². The highest BCUT2D eigenvalue weighted by Gasteiger charge is 2.11.